The number of nitrogens with one attached hydrogen (secondary N) is 1. The van der Waals surface area contributed by atoms with Gasteiger partial charge in [-0.2, -0.15) is 0 Å². The van der Waals surface area contributed by atoms with Crippen molar-refractivity contribution in [1.29, 1.82) is 0 Å². The molecule has 0 radical (unpaired) electrons. The third kappa shape index (κ3) is 6.34. The number of benzene rings is 1. The lowest BCUT2D eigenvalue weighted by atomic mass is 10.1. The zero-order valence-corrected chi connectivity index (χ0v) is 18.0. The molecule has 1 fully saturated rings. The number of piperazine rings is 1. The molecule has 3 rings (SSSR count). The number of anilines is 1. The van der Waals surface area contributed by atoms with E-state index >= 15 is 0 Å². The Hall–Kier alpha value is -1.90. The summed E-state index contributed by atoms with van der Waals surface area (Å²) in [6.07, 6.45) is 2.64. The van der Waals surface area contributed by atoms with Crippen molar-refractivity contribution in [2.45, 2.75) is 13.3 Å². The van der Waals surface area contributed by atoms with E-state index in [9.17, 15) is 4.39 Å². The van der Waals surface area contributed by atoms with Gasteiger partial charge in [-0.25, -0.2) is 9.37 Å². The summed E-state index contributed by atoms with van der Waals surface area (Å²) >= 11 is 0. The molecule has 2 aromatic rings. The average molecular weight is 483 g/mol. The van der Waals surface area contributed by atoms with Crippen LogP contribution < -0.4 is 10.2 Å². The maximum absolute atomic E-state index is 13.0. The molecule has 1 aliphatic heterocycles. The van der Waals surface area contributed by atoms with E-state index in [1.807, 2.05) is 30.5 Å². The van der Waals surface area contributed by atoms with Crippen LogP contribution in [0.25, 0.3) is 0 Å². The molecule has 1 N–H and O–H groups in total. The van der Waals surface area contributed by atoms with Gasteiger partial charge in [0.05, 0.1) is 0 Å². The minimum atomic E-state index is -0.198. The normalized spacial score (nSPS) is 14.7. The Morgan fingerprint density at radius 1 is 1.11 bits per heavy atom. The fourth-order valence-electron chi connectivity index (χ4n) is 3.06. The maximum atomic E-state index is 13.0. The summed E-state index contributed by atoms with van der Waals surface area (Å²) in [4.78, 5) is 13.8. The first-order chi connectivity index (χ1) is 12.8. The molecule has 1 aromatic heterocycles. The van der Waals surface area contributed by atoms with Crippen molar-refractivity contribution in [3.63, 3.8) is 0 Å². The molecular weight excluding hydrogens is 456 g/mol. The van der Waals surface area contributed by atoms with Crippen LogP contribution in [0.1, 0.15) is 12.5 Å². The van der Waals surface area contributed by atoms with Crippen molar-refractivity contribution in [1.82, 2.24) is 15.2 Å². The van der Waals surface area contributed by atoms with Gasteiger partial charge in [0.15, 0.2) is 5.96 Å². The van der Waals surface area contributed by atoms with Crippen molar-refractivity contribution < 1.29 is 4.39 Å². The number of nitrogens with zero attached hydrogens (tertiary/aromatic N) is 4. The molecule has 146 valence electrons. The highest BCUT2D eigenvalue weighted by Gasteiger charge is 2.20. The first-order valence-corrected chi connectivity index (χ1v) is 9.20. The molecule has 1 aromatic carbocycles. The Morgan fingerprint density at radius 2 is 1.85 bits per heavy atom. The molecule has 27 heavy (non-hydrogen) atoms. The van der Waals surface area contributed by atoms with Crippen LogP contribution >= 0.6 is 24.0 Å². The number of aromatic nitrogens is 1. The first kappa shape index (κ1) is 21.4. The van der Waals surface area contributed by atoms with Crippen molar-refractivity contribution >= 4 is 35.8 Å². The number of pyridine rings is 1. The lowest BCUT2D eigenvalue weighted by Crippen LogP contribution is -2.52. The van der Waals surface area contributed by atoms with Crippen LogP contribution in [0.15, 0.2) is 53.7 Å². The zero-order valence-electron chi connectivity index (χ0n) is 15.6. The van der Waals surface area contributed by atoms with Crippen LogP contribution in [0.4, 0.5) is 10.2 Å². The third-order valence-electron chi connectivity index (χ3n) is 4.46. The summed E-state index contributed by atoms with van der Waals surface area (Å²) in [5.41, 5.74) is 1.10. The van der Waals surface area contributed by atoms with Crippen molar-refractivity contribution in [2.24, 2.45) is 4.99 Å². The van der Waals surface area contributed by atoms with E-state index in [4.69, 9.17) is 4.99 Å². The van der Waals surface area contributed by atoms with Crippen LogP contribution in [0.2, 0.25) is 0 Å². The Labute approximate surface area is 177 Å². The maximum Gasteiger partial charge on any atom is 0.194 e. The molecule has 7 heteroatoms. The Bertz CT molecular complexity index is 700. The van der Waals surface area contributed by atoms with Gasteiger partial charge < -0.3 is 15.1 Å². The lowest BCUT2D eigenvalue weighted by Gasteiger charge is -2.37. The number of rotatable bonds is 5. The van der Waals surface area contributed by atoms with Gasteiger partial charge in [0.25, 0.3) is 0 Å². The van der Waals surface area contributed by atoms with Gasteiger partial charge in [0, 0.05) is 45.5 Å². The van der Waals surface area contributed by atoms with Gasteiger partial charge in [-0.1, -0.05) is 18.2 Å². The summed E-state index contributed by atoms with van der Waals surface area (Å²) in [5, 5.41) is 3.38. The SMILES string of the molecule is CCNC(=NCCc1ccc(F)cc1)N1CCN(c2ccccn2)CC1.I. The van der Waals surface area contributed by atoms with Crippen molar-refractivity contribution in [3.8, 4) is 0 Å². The van der Waals surface area contributed by atoms with Crippen LogP contribution in [0.3, 0.4) is 0 Å². The Morgan fingerprint density at radius 3 is 2.48 bits per heavy atom. The van der Waals surface area contributed by atoms with E-state index in [0.717, 1.165) is 56.5 Å². The van der Waals surface area contributed by atoms with Gasteiger partial charge in [-0.3, -0.25) is 4.99 Å². The summed E-state index contributed by atoms with van der Waals surface area (Å²) in [6, 6.07) is 12.7. The van der Waals surface area contributed by atoms with Gasteiger partial charge in [-0.15, -0.1) is 24.0 Å². The second kappa shape index (κ2) is 11.1. The monoisotopic (exact) mass is 483 g/mol. The van der Waals surface area contributed by atoms with Crippen molar-refractivity contribution in [3.05, 3.63) is 60.0 Å². The highest BCUT2D eigenvalue weighted by molar-refractivity contribution is 14.0. The molecule has 0 bridgehead atoms. The molecule has 1 aliphatic rings. The Balaban J connectivity index is 0.00000261. The number of hydrogen-bond acceptors (Lipinski definition) is 3. The van der Waals surface area contributed by atoms with Crippen molar-refractivity contribution in [2.75, 3.05) is 44.2 Å². The van der Waals surface area contributed by atoms with E-state index < -0.39 is 0 Å². The van der Waals surface area contributed by atoms with Gasteiger partial charge in [0.1, 0.15) is 11.6 Å². The molecule has 0 aliphatic carbocycles. The van der Waals surface area contributed by atoms with E-state index in [2.05, 4.69) is 33.1 Å². The standard InChI is InChI=1S/C20H26FN5.HI/c1-2-22-20(24-12-10-17-6-8-18(21)9-7-17)26-15-13-25(14-16-26)19-5-3-4-11-23-19;/h3-9,11H,2,10,12-16H2,1H3,(H,22,24);1H. The third-order valence-corrected chi connectivity index (χ3v) is 4.46. The zero-order chi connectivity index (χ0) is 18.2. The number of guanidine groups is 1. The van der Waals surface area contributed by atoms with E-state index in [1.54, 1.807) is 0 Å². The van der Waals surface area contributed by atoms with E-state index in [1.165, 1.54) is 12.1 Å². The topological polar surface area (TPSA) is 43.8 Å². The fourth-order valence-corrected chi connectivity index (χ4v) is 3.06. The summed E-state index contributed by atoms with van der Waals surface area (Å²) < 4.78 is 13.0. The van der Waals surface area contributed by atoms with Gasteiger partial charge in [0.2, 0.25) is 0 Å². The number of halogens is 2. The van der Waals surface area contributed by atoms with Crippen LogP contribution in [-0.2, 0) is 6.42 Å². The Kier molecular flexibility index (Phi) is 8.77. The molecule has 0 spiro atoms. The minimum absolute atomic E-state index is 0. The first-order valence-electron chi connectivity index (χ1n) is 9.20. The highest BCUT2D eigenvalue weighted by atomic mass is 127. The molecule has 0 unspecified atom stereocenters. The van der Waals surface area contributed by atoms with Crippen LogP contribution in [0.5, 0.6) is 0 Å². The number of hydrogen-bond donors (Lipinski definition) is 1. The minimum Gasteiger partial charge on any atom is -0.357 e. The average Bonchev–Trinajstić information content (AvgIpc) is 2.70. The molecule has 5 nitrogen and oxygen atoms in total. The van der Waals surface area contributed by atoms with E-state index in [-0.39, 0.29) is 29.8 Å². The second-order valence-corrected chi connectivity index (χ2v) is 6.27. The predicted octanol–water partition coefficient (Wildman–Crippen LogP) is 3.17. The lowest BCUT2D eigenvalue weighted by molar-refractivity contribution is 0.371. The molecule has 1 saturated heterocycles. The smallest absolute Gasteiger partial charge is 0.194 e. The molecule has 0 saturated carbocycles. The predicted molar refractivity (Wildman–Crippen MR) is 120 cm³/mol. The summed E-state index contributed by atoms with van der Waals surface area (Å²) in [5.74, 6) is 1.79. The molecule has 2 heterocycles. The quantitative estimate of drug-likeness (QED) is 0.403. The number of aliphatic imine (C=N–C) groups is 1. The largest absolute Gasteiger partial charge is 0.357 e. The van der Waals surface area contributed by atoms with Crippen LogP contribution in [0, 0.1) is 5.82 Å². The highest BCUT2D eigenvalue weighted by Crippen LogP contribution is 2.12. The second-order valence-electron chi connectivity index (χ2n) is 6.27. The molecule has 0 atom stereocenters. The van der Waals surface area contributed by atoms with Gasteiger partial charge in [-0.05, 0) is 43.2 Å². The molecular formula is C20H27FIN5. The summed E-state index contributed by atoms with van der Waals surface area (Å²) in [7, 11) is 0. The fraction of sp³-hybridized carbons (Fsp3) is 0.400. The molecule has 0 amide bonds. The summed E-state index contributed by atoms with van der Waals surface area (Å²) in [6.45, 7) is 7.31. The van der Waals surface area contributed by atoms with Crippen LogP contribution in [-0.4, -0.2) is 55.1 Å². The van der Waals surface area contributed by atoms with E-state index in [0.29, 0.717) is 6.54 Å². The van der Waals surface area contributed by atoms with Gasteiger partial charge >= 0.3 is 0 Å².